The first-order valence-electron chi connectivity index (χ1n) is 7.13. The minimum absolute atomic E-state index is 0.0236. The number of hydrogen-bond acceptors (Lipinski definition) is 8. The molecule has 9 nitrogen and oxygen atoms in total. The molecule has 0 heterocycles. The fourth-order valence-electron chi connectivity index (χ4n) is 2.24. The van der Waals surface area contributed by atoms with Gasteiger partial charge in [0.1, 0.15) is 6.61 Å². The summed E-state index contributed by atoms with van der Waals surface area (Å²) in [6.07, 6.45) is 0. The van der Waals surface area contributed by atoms with Crippen molar-refractivity contribution in [1.29, 1.82) is 0 Å². The summed E-state index contributed by atoms with van der Waals surface area (Å²) in [7, 11) is -0.942. The van der Waals surface area contributed by atoms with Crippen molar-refractivity contribution in [3.05, 3.63) is 27.8 Å². The highest BCUT2D eigenvalue weighted by Crippen LogP contribution is 2.41. The fourth-order valence-corrected chi connectivity index (χ4v) is 2.79. The molecule has 0 spiro atoms. The highest BCUT2D eigenvalue weighted by molar-refractivity contribution is 6.52. The number of carbonyl (C=O) groups excluding carboxylic acids is 1. The number of ether oxygens (including phenoxy) is 1. The van der Waals surface area contributed by atoms with E-state index in [2.05, 4.69) is 0 Å². The summed E-state index contributed by atoms with van der Waals surface area (Å²) >= 11 is 0. The molecule has 2 aromatic carbocycles. The van der Waals surface area contributed by atoms with Crippen LogP contribution in [0.4, 0.5) is 5.69 Å². The molecule has 0 atom stereocenters. The average molecular weight is 365 g/mol. The molecule has 0 aliphatic heterocycles. The van der Waals surface area contributed by atoms with Crippen LogP contribution in [0, 0.1) is 16.0 Å². The topological polar surface area (TPSA) is 150 Å². The molecule has 0 saturated heterocycles. The van der Waals surface area contributed by atoms with E-state index in [-0.39, 0.29) is 28.1 Å². The van der Waals surface area contributed by atoms with Gasteiger partial charge in [-0.2, -0.15) is 0 Å². The lowest BCUT2D eigenvalue weighted by Crippen LogP contribution is -2.16. The van der Waals surface area contributed by atoms with Crippen molar-refractivity contribution in [2.45, 2.75) is 20.5 Å². The summed E-state index contributed by atoms with van der Waals surface area (Å²) in [6, 6.07) is 2.23. The highest BCUT2D eigenvalue weighted by atomic mass is 28.2. The van der Waals surface area contributed by atoms with E-state index in [0.29, 0.717) is 0 Å². The molecule has 132 valence electrons. The zero-order valence-electron chi connectivity index (χ0n) is 13.3. The lowest BCUT2D eigenvalue weighted by molar-refractivity contribution is -0.385. The Hall–Kier alpha value is -2.85. The molecule has 0 saturated carbocycles. The molecule has 2 aromatic rings. The second-order valence-electron chi connectivity index (χ2n) is 5.58. The Morgan fingerprint density at radius 3 is 2.36 bits per heavy atom. The van der Waals surface area contributed by atoms with Crippen molar-refractivity contribution in [3.63, 3.8) is 0 Å². The molecule has 0 fully saturated rings. The minimum Gasteiger partial charge on any atom is -0.504 e. The van der Waals surface area contributed by atoms with Crippen molar-refractivity contribution in [3.8, 4) is 17.2 Å². The maximum absolute atomic E-state index is 11.6. The molecule has 0 aliphatic rings. The lowest BCUT2D eigenvalue weighted by Gasteiger charge is -2.13. The number of rotatable bonds is 5. The molecule has 2 radical (unpaired) electrons. The van der Waals surface area contributed by atoms with Gasteiger partial charge in [-0.3, -0.25) is 14.9 Å². The average Bonchev–Trinajstić information content (AvgIpc) is 2.57. The number of hydrogen-bond donors (Lipinski definition) is 4. The molecule has 25 heavy (non-hydrogen) atoms. The van der Waals surface area contributed by atoms with Crippen molar-refractivity contribution < 1.29 is 34.6 Å². The smallest absolute Gasteiger partial charge is 0.308 e. The van der Waals surface area contributed by atoms with Crippen LogP contribution in [0.5, 0.6) is 17.2 Å². The van der Waals surface area contributed by atoms with Gasteiger partial charge in [-0.1, -0.05) is 13.8 Å². The lowest BCUT2D eigenvalue weighted by atomic mass is 10.0. The third-order valence-corrected chi connectivity index (χ3v) is 4.31. The third kappa shape index (κ3) is 3.34. The second kappa shape index (κ2) is 6.95. The van der Waals surface area contributed by atoms with Crippen molar-refractivity contribution in [1.82, 2.24) is 0 Å². The van der Waals surface area contributed by atoms with Gasteiger partial charge < -0.3 is 24.9 Å². The predicted octanol–water partition coefficient (Wildman–Crippen LogP) is 0.801. The van der Waals surface area contributed by atoms with Crippen LogP contribution in [-0.2, 0) is 16.1 Å². The molecular formula is C15H15NO8Si. The third-order valence-electron chi connectivity index (χ3n) is 3.58. The number of benzene rings is 2. The first-order chi connectivity index (χ1) is 11.7. The zero-order chi connectivity index (χ0) is 18.9. The summed E-state index contributed by atoms with van der Waals surface area (Å²) in [4.78, 5) is 31.6. The van der Waals surface area contributed by atoms with Crippen LogP contribution in [0.3, 0.4) is 0 Å². The quantitative estimate of drug-likeness (QED) is 0.200. The van der Waals surface area contributed by atoms with Crippen LogP contribution in [-0.4, -0.2) is 40.8 Å². The van der Waals surface area contributed by atoms with E-state index in [1.165, 1.54) is 6.07 Å². The summed E-state index contributed by atoms with van der Waals surface area (Å²) in [5.41, 5.74) is -0.410. The van der Waals surface area contributed by atoms with Gasteiger partial charge in [0, 0.05) is 16.6 Å². The van der Waals surface area contributed by atoms with Gasteiger partial charge in [-0.15, -0.1) is 0 Å². The summed E-state index contributed by atoms with van der Waals surface area (Å²) < 4.78 is 5.01. The van der Waals surface area contributed by atoms with E-state index in [1.807, 2.05) is 0 Å². The molecular weight excluding hydrogens is 350 g/mol. The number of phenolic OH excluding ortho intramolecular Hbond substituents is 3. The van der Waals surface area contributed by atoms with Crippen molar-refractivity contribution >= 4 is 37.4 Å². The molecule has 2 rings (SSSR count). The molecule has 0 aliphatic carbocycles. The van der Waals surface area contributed by atoms with Gasteiger partial charge in [0.25, 0.3) is 15.5 Å². The maximum atomic E-state index is 11.6. The standard InChI is InChI=1S/C15H15NO8Si/c1-6(2)15(20)24-5-7-3-9-8(4-10(7)16(21)22)11(17)12(18)13(19)14(9)25-23/h3-4,6,17-19,23H,5H2,1-2H3. The van der Waals surface area contributed by atoms with E-state index in [0.717, 1.165) is 6.07 Å². The number of esters is 1. The minimum atomic E-state index is -0.942. The van der Waals surface area contributed by atoms with Crippen LogP contribution in [0.15, 0.2) is 12.1 Å². The number of phenols is 3. The van der Waals surface area contributed by atoms with Crippen molar-refractivity contribution in [2.75, 3.05) is 0 Å². The number of nitro benzene ring substituents is 1. The van der Waals surface area contributed by atoms with E-state index in [4.69, 9.17) is 4.74 Å². The molecule has 0 unspecified atom stereocenters. The maximum Gasteiger partial charge on any atom is 0.308 e. The van der Waals surface area contributed by atoms with E-state index in [9.17, 15) is 35.0 Å². The second-order valence-corrected chi connectivity index (χ2v) is 6.30. The first kappa shape index (κ1) is 18.5. The Bertz CT molecular complexity index is 865. The Morgan fingerprint density at radius 1 is 1.20 bits per heavy atom. The molecule has 4 N–H and O–H groups in total. The van der Waals surface area contributed by atoms with Gasteiger partial charge in [0.15, 0.2) is 11.5 Å². The van der Waals surface area contributed by atoms with Crippen molar-refractivity contribution in [2.24, 2.45) is 5.92 Å². The fraction of sp³-hybridized carbons (Fsp3) is 0.267. The Balaban J connectivity index is 2.69. The predicted molar refractivity (Wildman–Crippen MR) is 87.8 cm³/mol. The van der Waals surface area contributed by atoms with E-state index < -0.39 is 49.5 Å². The first-order valence-corrected chi connectivity index (χ1v) is 8.08. The van der Waals surface area contributed by atoms with Crippen LogP contribution >= 0.6 is 0 Å². The van der Waals surface area contributed by atoms with Crippen LogP contribution in [0.1, 0.15) is 19.4 Å². The summed E-state index contributed by atoms with van der Waals surface area (Å²) in [5.74, 6) is -3.31. The van der Waals surface area contributed by atoms with E-state index >= 15 is 0 Å². The van der Waals surface area contributed by atoms with Gasteiger partial charge in [0.05, 0.1) is 16.4 Å². The number of carbonyl (C=O) groups is 1. The number of fused-ring (bicyclic) bond motifs is 1. The molecule has 0 amide bonds. The number of nitro groups is 1. The van der Waals surface area contributed by atoms with Gasteiger partial charge in [-0.05, 0) is 11.5 Å². The van der Waals surface area contributed by atoms with Crippen LogP contribution in [0.25, 0.3) is 10.8 Å². The van der Waals surface area contributed by atoms with Gasteiger partial charge in [0.2, 0.25) is 5.75 Å². The monoisotopic (exact) mass is 365 g/mol. The van der Waals surface area contributed by atoms with Crippen LogP contribution in [0.2, 0.25) is 0 Å². The largest absolute Gasteiger partial charge is 0.504 e. The number of nitrogens with zero attached hydrogens (tertiary/aromatic N) is 1. The number of aromatic hydroxyl groups is 3. The SMILES string of the molecule is CC(C)C(=O)OCc1cc2c([Si]O)c(O)c(O)c(O)c2cc1[N+](=O)[O-]. The molecule has 0 aromatic heterocycles. The van der Waals surface area contributed by atoms with Gasteiger partial charge in [-0.25, -0.2) is 0 Å². The Labute approximate surface area is 144 Å². The highest BCUT2D eigenvalue weighted by Gasteiger charge is 2.24. The summed E-state index contributed by atoms with van der Waals surface area (Å²) in [6.45, 7) is 2.83. The Kier molecular flexibility index (Phi) is 5.14. The molecule has 0 bridgehead atoms. The van der Waals surface area contributed by atoms with E-state index in [1.54, 1.807) is 13.8 Å². The zero-order valence-corrected chi connectivity index (χ0v) is 14.3. The van der Waals surface area contributed by atoms with Gasteiger partial charge >= 0.3 is 5.97 Å². The summed E-state index contributed by atoms with van der Waals surface area (Å²) in [5, 5.41) is 40.7. The molecule has 10 heteroatoms. The normalized spacial score (nSPS) is 11.0. The Morgan fingerprint density at radius 2 is 1.84 bits per heavy atom. The van der Waals surface area contributed by atoms with Crippen LogP contribution < -0.4 is 5.19 Å².